The summed E-state index contributed by atoms with van der Waals surface area (Å²) in [5.74, 6) is -0.810. The Morgan fingerprint density at radius 1 is 0.960 bits per heavy atom. The van der Waals surface area contributed by atoms with Crippen LogP contribution in [0.1, 0.15) is 24.0 Å². The Morgan fingerprint density at radius 3 is 2.24 bits per heavy atom. The maximum Gasteiger partial charge on any atom is 0.303 e. The van der Waals surface area contributed by atoms with Crippen LogP contribution < -0.4 is 10.1 Å². The van der Waals surface area contributed by atoms with Crippen molar-refractivity contribution >= 4 is 11.9 Å². The van der Waals surface area contributed by atoms with Crippen LogP contribution in [0, 0.1) is 5.82 Å². The fourth-order valence-corrected chi connectivity index (χ4v) is 2.15. The Hall–Kier alpha value is -2.89. The third-order valence-electron chi connectivity index (χ3n) is 3.54. The second-order valence-corrected chi connectivity index (χ2v) is 5.55. The zero-order valence-corrected chi connectivity index (χ0v) is 13.7. The average molecular weight is 345 g/mol. The third-order valence-corrected chi connectivity index (χ3v) is 3.54. The van der Waals surface area contributed by atoms with Gasteiger partial charge in [0.05, 0.1) is 6.42 Å². The second-order valence-electron chi connectivity index (χ2n) is 5.55. The van der Waals surface area contributed by atoms with E-state index in [0.29, 0.717) is 25.3 Å². The van der Waals surface area contributed by atoms with Gasteiger partial charge in [-0.3, -0.25) is 9.59 Å². The van der Waals surface area contributed by atoms with Crippen molar-refractivity contribution in [2.45, 2.75) is 25.9 Å². The lowest BCUT2D eigenvalue weighted by Crippen LogP contribution is -2.25. The summed E-state index contributed by atoms with van der Waals surface area (Å²) in [7, 11) is 0. The van der Waals surface area contributed by atoms with E-state index in [1.54, 1.807) is 12.1 Å². The van der Waals surface area contributed by atoms with E-state index in [4.69, 9.17) is 9.84 Å². The summed E-state index contributed by atoms with van der Waals surface area (Å²) >= 11 is 0. The lowest BCUT2D eigenvalue weighted by Gasteiger charge is -2.08. The topological polar surface area (TPSA) is 75.6 Å². The quantitative estimate of drug-likeness (QED) is 0.733. The van der Waals surface area contributed by atoms with Gasteiger partial charge in [0, 0.05) is 13.0 Å². The van der Waals surface area contributed by atoms with Gasteiger partial charge in [-0.15, -0.1) is 0 Å². The molecule has 6 heteroatoms. The van der Waals surface area contributed by atoms with Crippen LogP contribution in [0.5, 0.6) is 5.75 Å². The molecule has 0 spiro atoms. The molecule has 2 aromatic rings. The van der Waals surface area contributed by atoms with Gasteiger partial charge < -0.3 is 15.2 Å². The first-order valence-corrected chi connectivity index (χ1v) is 7.97. The van der Waals surface area contributed by atoms with Crippen molar-refractivity contribution in [1.29, 1.82) is 0 Å². The fraction of sp³-hybridized carbons (Fsp3) is 0.263. The number of benzene rings is 2. The normalized spacial score (nSPS) is 10.3. The van der Waals surface area contributed by atoms with E-state index in [2.05, 4.69) is 5.32 Å². The standard InChI is InChI=1S/C19H20FNO4/c20-16-5-1-15(2-6-16)13-25-17-7-3-14(4-8-17)11-12-21-18(22)9-10-19(23)24/h1-8H,9-13H2,(H,21,22)(H,23,24). The number of nitrogens with one attached hydrogen (secondary N) is 1. The molecule has 5 nitrogen and oxygen atoms in total. The minimum Gasteiger partial charge on any atom is -0.489 e. The number of carbonyl (C=O) groups excluding carboxylic acids is 1. The molecule has 0 aromatic heterocycles. The van der Waals surface area contributed by atoms with Crippen LogP contribution in [0.3, 0.4) is 0 Å². The number of aliphatic carboxylic acids is 1. The Balaban J connectivity index is 1.71. The summed E-state index contributed by atoms with van der Waals surface area (Å²) in [6, 6.07) is 13.6. The van der Waals surface area contributed by atoms with Gasteiger partial charge in [-0.25, -0.2) is 4.39 Å². The first-order chi connectivity index (χ1) is 12.0. The molecule has 0 unspecified atom stereocenters. The molecule has 132 valence electrons. The van der Waals surface area contributed by atoms with Crippen LogP contribution in [0.25, 0.3) is 0 Å². The van der Waals surface area contributed by atoms with Gasteiger partial charge in [0.15, 0.2) is 0 Å². The molecule has 25 heavy (non-hydrogen) atoms. The van der Waals surface area contributed by atoms with Crippen LogP contribution >= 0.6 is 0 Å². The minimum absolute atomic E-state index is 0.00844. The highest BCUT2D eigenvalue weighted by Gasteiger charge is 2.04. The maximum absolute atomic E-state index is 12.8. The first-order valence-electron chi connectivity index (χ1n) is 7.97. The molecule has 0 aliphatic heterocycles. The van der Waals surface area contributed by atoms with E-state index in [1.807, 2.05) is 24.3 Å². The molecule has 2 N–H and O–H groups in total. The third kappa shape index (κ3) is 7.03. The highest BCUT2D eigenvalue weighted by molar-refractivity contribution is 5.80. The number of ether oxygens (including phenoxy) is 1. The van der Waals surface area contributed by atoms with Crippen LogP contribution in [0.15, 0.2) is 48.5 Å². The molecule has 0 atom stereocenters. The van der Waals surface area contributed by atoms with Crippen LogP contribution in [0.4, 0.5) is 4.39 Å². The fourth-order valence-electron chi connectivity index (χ4n) is 2.15. The molecular weight excluding hydrogens is 325 g/mol. The minimum atomic E-state index is -0.980. The number of halogens is 1. The largest absolute Gasteiger partial charge is 0.489 e. The summed E-state index contributed by atoms with van der Waals surface area (Å²) in [5, 5.41) is 11.2. The average Bonchev–Trinajstić information content (AvgIpc) is 2.60. The number of carboxylic acids is 1. The predicted molar refractivity (Wildman–Crippen MR) is 90.8 cm³/mol. The summed E-state index contributed by atoms with van der Waals surface area (Å²) in [5.41, 5.74) is 1.92. The molecule has 0 heterocycles. The van der Waals surface area contributed by atoms with Crippen LogP contribution in [0.2, 0.25) is 0 Å². The summed E-state index contributed by atoms with van der Waals surface area (Å²) in [6.45, 7) is 0.813. The van der Waals surface area contributed by atoms with E-state index in [1.165, 1.54) is 12.1 Å². The van der Waals surface area contributed by atoms with Crippen molar-refractivity contribution in [3.05, 3.63) is 65.5 Å². The highest BCUT2D eigenvalue weighted by Crippen LogP contribution is 2.14. The summed E-state index contributed by atoms with van der Waals surface area (Å²) < 4.78 is 18.5. The molecule has 2 aromatic carbocycles. The van der Waals surface area contributed by atoms with Gasteiger partial charge in [0.2, 0.25) is 5.91 Å². The van der Waals surface area contributed by atoms with Crippen molar-refractivity contribution in [3.8, 4) is 5.75 Å². The first kappa shape index (κ1) is 18.4. The molecule has 0 aliphatic rings. The smallest absolute Gasteiger partial charge is 0.303 e. The molecule has 0 fully saturated rings. The van der Waals surface area contributed by atoms with Gasteiger partial charge in [0.25, 0.3) is 0 Å². The number of hydrogen-bond donors (Lipinski definition) is 2. The number of carbonyl (C=O) groups is 2. The van der Waals surface area contributed by atoms with Gasteiger partial charge >= 0.3 is 5.97 Å². The molecule has 0 saturated carbocycles. The SMILES string of the molecule is O=C(O)CCC(=O)NCCc1ccc(OCc2ccc(F)cc2)cc1. The van der Waals surface area contributed by atoms with Gasteiger partial charge in [-0.1, -0.05) is 24.3 Å². The summed E-state index contributed by atoms with van der Waals surface area (Å²) in [4.78, 5) is 21.8. The van der Waals surface area contributed by atoms with E-state index >= 15 is 0 Å². The number of amides is 1. The Kier molecular flexibility index (Phi) is 6.95. The maximum atomic E-state index is 12.8. The molecular formula is C19H20FNO4. The monoisotopic (exact) mass is 345 g/mol. The highest BCUT2D eigenvalue weighted by atomic mass is 19.1. The van der Waals surface area contributed by atoms with E-state index in [0.717, 1.165) is 11.1 Å². The van der Waals surface area contributed by atoms with E-state index in [9.17, 15) is 14.0 Å². The Morgan fingerprint density at radius 2 is 1.60 bits per heavy atom. The van der Waals surface area contributed by atoms with Crippen molar-refractivity contribution in [2.75, 3.05) is 6.54 Å². The van der Waals surface area contributed by atoms with Crippen LogP contribution in [-0.2, 0) is 22.6 Å². The number of carboxylic acid groups (broad SMARTS) is 1. The van der Waals surface area contributed by atoms with Crippen molar-refractivity contribution in [1.82, 2.24) is 5.32 Å². The Labute approximate surface area is 145 Å². The predicted octanol–water partition coefficient (Wildman–Crippen LogP) is 2.93. The lowest BCUT2D eigenvalue weighted by molar-refractivity contribution is -0.138. The van der Waals surface area contributed by atoms with Crippen LogP contribution in [-0.4, -0.2) is 23.5 Å². The zero-order chi connectivity index (χ0) is 18.1. The molecule has 1 amide bonds. The van der Waals surface area contributed by atoms with E-state index in [-0.39, 0.29) is 24.6 Å². The lowest BCUT2D eigenvalue weighted by atomic mass is 10.1. The van der Waals surface area contributed by atoms with Crippen molar-refractivity contribution in [3.63, 3.8) is 0 Å². The van der Waals surface area contributed by atoms with Gasteiger partial charge in [-0.05, 0) is 41.8 Å². The molecule has 0 radical (unpaired) electrons. The molecule has 0 saturated heterocycles. The van der Waals surface area contributed by atoms with Gasteiger partial charge in [-0.2, -0.15) is 0 Å². The summed E-state index contributed by atoms with van der Waals surface area (Å²) in [6.07, 6.45) is 0.481. The second kappa shape index (κ2) is 9.42. The number of rotatable bonds is 9. The molecule has 0 aliphatic carbocycles. The van der Waals surface area contributed by atoms with Crippen molar-refractivity contribution < 1.29 is 23.8 Å². The Bertz CT molecular complexity index is 698. The molecule has 2 rings (SSSR count). The van der Waals surface area contributed by atoms with Crippen molar-refractivity contribution in [2.24, 2.45) is 0 Å². The van der Waals surface area contributed by atoms with Gasteiger partial charge in [0.1, 0.15) is 18.2 Å². The zero-order valence-electron chi connectivity index (χ0n) is 13.7. The number of hydrogen-bond acceptors (Lipinski definition) is 3. The molecule has 0 bridgehead atoms. The van der Waals surface area contributed by atoms with E-state index < -0.39 is 5.97 Å².